The number of hydrogen-bond donors (Lipinski definition) is 1. The molecule has 0 spiro atoms. The van der Waals surface area contributed by atoms with E-state index in [0.717, 1.165) is 29.3 Å². The predicted molar refractivity (Wildman–Crippen MR) is 58.5 cm³/mol. The molecule has 0 unspecified atom stereocenters. The van der Waals surface area contributed by atoms with E-state index in [1.54, 1.807) is 24.3 Å². The number of anilines is 1. The van der Waals surface area contributed by atoms with E-state index in [1.807, 2.05) is 0 Å². The van der Waals surface area contributed by atoms with Crippen molar-refractivity contribution in [2.45, 2.75) is 19.3 Å². The second-order valence-electron chi connectivity index (χ2n) is 3.76. The third kappa shape index (κ3) is 2.54. The van der Waals surface area contributed by atoms with Crippen LogP contribution in [0.25, 0.3) is 0 Å². The predicted octanol–water partition coefficient (Wildman–Crippen LogP) is 1.10. The summed E-state index contributed by atoms with van der Waals surface area (Å²) in [6.07, 6.45) is 3.18. The molecule has 1 N–H and O–H groups in total. The Balaban J connectivity index is 1.97. The second-order valence-corrected chi connectivity index (χ2v) is 5.22. The van der Waals surface area contributed by atoms with Gasteiger partial charge in [-0.15, -0.1) is 0 Å². The summed E-state index contributed by atoms with van der Waals surface area (Å²) >= 11 is -0.962. The molecule has 0 radical (unpaired) electrons. The van der Waals surface area contributed by atoms with Gasteiger partial charge in [0.15, 0.2) is 0 Å². The van der Waals surface area contributed by atoms with Crippen molar-refractivity contribution in [3.8, 4) is 0 Å². The van der Waals surface area contributed by atoms with Gasteiger partial charge in [0.25, 0.3) is 0 Å². The molecule has 0 saturated heterocycles. The van der Waals surface area contributed by atoms with E-state index in [1.165, 1.54) is 0 Å². The Hall–Kier alpha value is -0.952. The van der Waals surface area contributed by atoms with Crippen LogP contribution in [0.1, 0.15) is 19.3 Å². The van der Waals surface area contributed by atoms with E-state index in [9.17, 15) is 8.53 Å². The fourth-order valence-electron chi connectivity index (χ4n) is 1.52. The van der Waals surface area contributed by atoms with Gasteiger partial charge < -0.3 is 0 Å². The Bertz CT molecular complexity index is 371. The van der Waals surface area contributed by atoms with E-state index in [2.05, 4.69) is 5.32 Å². The van der Waals surface area contributed by atoms with Gasteiger partial charge in [-0.2, -0.15) is 0 Å². The van der Waals surface area contributed by atoms with Gasteiger partial charge in [-0.3, -0.25) is 0 Å². The van der Waals surface area contributed by atoms with Crippen LogP contribution in [0.3, 0.4) is 0 Å². The SMILES string of the molecule is O=[As]c1ccc(NC(=O)C2CCC2)cc1. The van der Waals surface area contributed by atoms with Gasteiger partial charge in [0.2, 0.25) is 0 Å². The summed E-state index contributed by atoms with van der Waals surface area (Å²) in [5.41, 5.74) is 0.797. The average Bonchev–Trinajstić information content (AvgIpc) is 2.16. The maximum absolute atomic E-state index is 11.6. The third-order valence-electron chi connectivity index (χ3n) is 2.72. The number of carbonyl (C=O) groups is 1. The summed E-state index contributed by atoms with van der Waals surface area (Å²) in [4.78, 5) is 11.6. The molecule has 3 nitrogen and oxygen atoms in total. The second kappa shape index (κ2) is 4.71. The Morgan fingerprint density at radius 1 is 1.27 bits per heavy atom. The van der Waals surface area contributed by atoms with Crippen molar-refractivity contribution >= 4 is 31.6 Å². The first-order chi connectivity index (χ1) is 7.29. The van der Waals surface area contributed by atoms with Gasteiger partial charge in [-0.25, -0.2) is 0 Å². The molecule has 0 atom stereocenters. The van der Waals surface area contributed by atoms with Crippen LogP contribution in [0.15, 0.2) is 24.3 Å². The first-order valence-corrected chi connectivity index (χ1v) is 6.74. The van der Waals surface area contributed by atoms with Crippen molar-refractivity contribution in [1.82, 2.24) is 0 Å². The molecule has 1 amide bonds. The van der Waals surface area contributed by atoms with Gasteiger partial charge in [0, 0.05) is 0 Å². The van der Waals surface area contributed by atoms with Crippen LogP contribution in [-0.4, -0.2) is 21.6 Å². The Morgan fingerprint density at radius 2 is 1.93 bits per heavy atom. The molecule has 0 aliphatic heterocycles. The number of hydrogen-bond acceptors (Lipinski definition) is 2. The van der Waals surface area contributed by atoms with Gasteiger partial charge in [0.05, 0.1) is 0 Å². The minimum absolute atomic E-state index is 0.115. The maximum atomic E-state index is 11.6. The topological polar surface area (TPSA) is 46.2 Å². The number of benzene rings is 1. The standard InChI is InChI=1S/C11H12AsNO2/c14-11(8-2-1-3-8)13-10-6-4-9(12-15)5-7-10/h4-8H,1-3H2,(H,13,14). The minimum atomic E-state index is -0.962. The number of amides is 1. The molecular formula is C11H12AsNO2. The molecule has 1 aromatic carbocycles. The molecule has 0 heterocycles. The van der Waals surface area contributed by atoms with Crippen molar-refractivity contribution in [3.05, 3.63) is 24.3 Å². The normalized spacial score (nSPS) is 16.0. The first-order valence-electron chi connectivity index (χ1n) is 5.04. The molecule has 1 saturated carbocycles. The van der Waals surface area contributed by atoms with E-state index in [0.29, 0.717) is 0 Å². The van der Waals surface area contributed by atoms with Crippen molar-refractivity contribution in [2.24, 2.45) is 5.92 Å². The van der Waals surface area contributed by atoms with E-state index in [4.69, 9.17) is 0 Å². The van der Waals surface area contributed by atoms with E-state index < -0.39 is 15.7 Å². The molecule has 4 heteroatoms. The van der Waals surface area contributed by atoms with Gasteiger partial charge in [-0.05, 0) is 0 Å². The van der Waals surface area contributed by atoms with Crippen molar-refractivity contribution in [2.75, 3.05) is 5.32 Å². The fourth-order valence-corrected chi connectivity index (χ4v) is 2.09. The van der Waals surface area contributed by atoms with Crippen LogP contribution >= 0.6 is 0 Å². The monoisotopic (exact) mass is 265 g/mol. The van der Waals surface area contributed by atoms with Crippen LogP contribution < -0.4 is 9.67 Å². The zero-order valence-electron chi connectivity index (χ0n) is 8.27. The summed E-state index contributed by atoms with van der Waals surface area (Å²) in [6.45, 7) is 0. The zero-order chi connectivity index (χ0) is 10.7. The Labute approximate surface area is 95.2 Å². The van der Waals surface area contributed by atoms with Crippen LogP contribution in [0.2, 0.25) is 0 Å². The third-order valence-corrected chi connectivity index (χ3v) is 3.78. The van der Waals surface area contributed by atoms with Crippen LogP contribution in [0, 0.1) is 5.92 Å². The van der Waals surface area contributed by atoms with Gasteiger partial charge >= 0.3 is 94.9 Å². The van der Waals surface area contributed by atoms with Crippen molar-refractivity contribution in [1.29, 1.82) is 0 Å². The molecule has 1 aliphatic rings. The summed E-state index contributed by atoms with van der Waals surface area (Å²) in [7, 11) is 0. The van der Waals surface area contributed by atoms with Crippen LogP contribution in [0.5, 0.6) is 0 Å². The van der Waals surface area contributed by atoms with Gasteiger partial charge in [0.1, 0.15) is 0 Å². The molecule has 1 aromatic rings. The Morgan fingerprint density at radius 3 is 2.40 bits per heavy atom. The van der Waals surface area contributed by atoms with Crippen LogP contribution in [0.4, 0.5) is 5.69 Å². The fraction of sp³-hybridized carbons (Fsp3) is 0.364. The molecule has 1 aliphatic carbocycles. The molecule has 0 bridgehead atoms. The number of nitrogens with one attached hydrogen (secondary N) is 1. The summed E-state index contributed by atoms with van der Waals surface area (Å²) in [5, 5.41) is 2.86. The van der Waals surface area contributed by atoms with Crippen LogP contribution in [-0.2, 0) is 8.53 Å². The van der Waals surface area contributed by atoms with E-state index >= 15 is 0 Å². The molecule has 0 aromatic heterocycles. The first kappa shape index (κ1) is 10.6. The Kier molecular flexibility index (Phi) is 3.32. The van der Waals surface area contributed by atoms with Gasteiger partial charge in [-0.1, -0.05) is 0 Å². The summed E-state index contributed by atoms with van der Waals surface area (Å²) in [6, 6.07) is 7.20. The molecule has 78 valence electrons. The molecule has 15 heavy (non-hydrogen) atoms. The number of carbonyl (C=O) groups excluding carboxylic acids is 1. The number of rotatable bonds is 3. The molecule has 1 fully saturated rings. The quantitative estimate of drug-likeness (QED) is 0.832. The van der Waals surface area contributed by atoms with E-state index in [-0.39, 0.29) is 11.8 Å². The van der Waals surface area contributed by atoms with Crippen molar-refractivity contribution < 1.29 is 8.53 Å². The average molecular weight is 265 g/mol. The summed E-state index contributed by atoms with van der Waals surface area (Å²) < 4.78 is 11.5. The molecule has 2 rings (SSSR count). The molecular weight excluding hydrogens is 253 g/mol. The van der Waals surface area contributed by atoms with Crippen molar-refractivity contribution in [3.63, 3.8) is 0 Å². The summed E-state index contributed by atoms with van der Waals surface area (Å²) in [5.74, 6) is 0.319. The zero-order valence-corrected chi connectivity index (χ0v) is 10.1.